The number of alkyl carbamates (subject to hydrolysis) is 1. The van der Waals surface area contributed by atoms with E-state index in [0.29, 0.717) is 13.2 Å². The van der Waals surface area contributed by atoms with Crippen molar-refractivity contribution in [2.45, 2.75) is 39.5 Å². The molecule has 24 heavy (non-hydrogen) atoms. The van der Waals surface area contributed by atoms with Crippen molar-refractivity contribution in [3.05, 3.63) is 64.1 Å². The number of carbonyl (C=O) groups is 1. The fraction of sp³-hybridized carbons (Fsp3) is 0.316. The van der Waals surface area contributed by atoms with E-state index in [1.54, 1.807) is 0 Å². The molecule has 4 nitrogen and oxygen atoms in total. The third kappa shape index (κ3) is 6.24. The van der Waals surface area contributed by atoms with E-state index in [9.17, 15) is 4.79 Å². The lowest BCUT2D eigenvalue weighted by Crippen LogP contribution is -2.32. The molecule has 0 radical (unpaired) electrons. The van der Waals surface area contributed by atoms with Crippen molar-refractivity contribution in [1.29, 1.82) is 0 Å². The van der Waals surface area contributed by atoms with Crippen LogP contribution in [0.2, 0.25) is 0 Å². The first-order chi connectivity index (χ1) is 11.3. The average Bonchev–Trinajstić information content (AvgIpc) is 2.51. The first-order valence-electron chi connectivity index (χ1n) is 7.75. The number of nitrogens with one attached hydrogen (secondary N) is 1. The summed E-state index contributed by atoms with van der Waals surface area (Å²) in [5.41, 5.74) is 1.57. The fourth-order valence-electron chi connectivity index (χ4n) is 2.00. The fourth-order valence-corrected chi connectivity index (χ4v) is 2.54. The summed E-state index contributed by atoms with van der Waals surface area (Å²) in [6.45, 7) is 6.41. The van der Waals surface area contributed by atoms with Gasteiger partial charge in [0.15, 0.2) is 0 Å². The Kier molecular flexibility index (Phi) is 6.26. The molecule has 0 saturated carbocycles. The normalized spacial score (nSPS) is 11.0. The molecule has 0 aliphatic carbocycles. The number of ether oxygens (including phenoxy) is 2. The lowest BCUT2D eigenvalue weighted by Gasteiger charge is -2.19. The standard InChI is InChI=1S/C19H22BrNO3/c1-19(2,3)24-18(22)21-12-15-9-10-17(16(20)11-15)23-13-14-7-5-4-6-8-14/h4-11H,12-13H2,1-3H3,(H,21,22). The molecule has 2 rings (SSSR count). The average molecular weight is 392 g/mol. The Hall–Kier alpha value is -2.01. The van der Waals surface area contributed by atoms with Crippen LogP contribution in [-0.4, -0.2) is 11.7 Å². The SMILES string of the molecule is CC(C)(C)OC(=O)NCc1ccc(OCc2ccccc2)c(Br)c1. The second-order valence-electron chi connectivity index (χ2n) is 6.39. The van der Waals surface area contributed by atoms with E-state index < -0.39 is 11.7 Å². The Morgan fingerprint density at radius 3 is 2.42 bits per heavy atom. The maximum Gasteiger partial charge on any atom is 0.407 e. The van der Waals surface area contributed by atoms with Crippen molar-refractivity contribution < 1.29 is 14.3 Å². The molecule has 0 heterocycles. The van der Waals surface area contributed by atoms with Gasteiger partial charge in [0.1, 0.15) is 18.0 Å². The molecule has 0 atom stereocenters. The van der Waals surface area contributed by atoms with Crippen molar-refractivity contribution in [1.82, 2.24) is 5.32 Å². The Morgan fingerprint density at radius 1 is 1.08 bits per heavy atom. The maximum absolute atomic E-state index is 11.7. The van der Waals surface area contributed by atoms with Crippen LogP contribution < -0.4 is 10.1 Å². The Balaban J connectivity index is 1.88. The summed E-state index contributed by atoms with van der Waals surface area (Å²) >= 11 is 3.51. The lowest BCUT2D eigenvalue weighted by molar-refractivity contribution is 0.0523. The van der Waals surface area contributed by atoms with Gasteiger partial charge in [0.05, 0.1) is 4.47 Å². The molecule has 0 unspecified atom stereocenters. The molecule has 0 aliphatic rings. The molecule has 0 aliphatic heterocycles. The summed E-state index contributed by atoms with van der Waals surface area (Å²) < 4.78 is 11.9. The van der Waals surface area contributed by atoms with Gasteiger partial charge in [0.2, 0.25) is 0 Å². The van der Waals surface area contributed by atoms with Crippen molar-refractivity contribution in [3.63, 3.8) is 0 Å². The van der Waals surface area contributed by atoms with E-state index in [1.807, 2.05) is 69.3 Å². The molecule has 1 N–H and O–H groups in total. The van der Waals surface area contributed by atoms with Crippen molar-refractivity contribution in [3.8, 4) is 5.75 Å². The number of rotatable bonds is 5. The summed E-state index contributed by atoms with van der Waals surface area (Å²) in [4.78, 5) is 11.7. The van der Waals surface area contributed by atoms with Gasteiger partial charge in [0, 0.05) is 6.54 Å². The zero-order valence-electron chi connectivity index (χ0n) is 14.1. The van der Waals surface area contributed by atoms with Crippen LogP contribution in [0.3, 0.4) is 0 Å². The highest BCUT2D eigenvalue weighted by Gasteiger charge is 2.15. The van der Waals surface area contributed by atoms with E-state index in [4.69, 9.17) is 9.47 Å². The van der Waals surface area contributed by atoms with E-state index in [0.717, 1.165) is 21.3 Å². The Morgan fingerprint density at radius 2 is 1.79 bits per heavy atom. The largest absolute Gasteiger partial charge is 0.488 e. The predicted molar refractivity (Wildman–Crippen MR) is 98.0 cm³/mol. The molecule has 0 saturated heterocycles. The summed E-state index contributed by atoms with van der Waals surface area (Å²) in [6.07, 6.45) is -0.428. The van der Waals surface area contributed by atoms with Gasteiger partial charge in [-0.1, -0.05) is 36.4 Å². The molecule has 0 fully saturated rings. The Labute approximate surface area is 151 Å². The van der Waals surface area contributed by atoms with Crippen molar-refractivity contribution in [2.75, 3.05) is 0 Å². The van der Waals surface area contributed by atoms with Crippen LogP contribution in [-0.2, 0) is 17.9 Å². The highest BCUT2D eigenvalue weighted by atomic mass is 79.9. The highest BCUT2D eigenvalue weighted by molar-refractivity contribution is 9.10. The number of halogens is 1. The highest BCUT2D eigenvalue weighted by Crippen LogP contribution is 2.27. The second-order valence-corrected chi connectivity index (χ2v) is 7.25. The Bertz CT molecular complexity index is 681. The number of carbonyl (C=O) groups excluding carboxylic acids is 1. The molecular weight excluding hydrogens is 370 g/mol. The second kappa shape index (κ2) is 8.20. The minimum Gasteiger partial charge on any atom is -0.488 e. The number of hydrogen-bond donors (Lipinski definition) is 1. The van der Waals surface area contributed by atoms with Crippen LogP contribution in [0.1, 0.15) is 31.9 Å². The van der Waals surface area contributed by atoms with Crippen LogP contribution in [0, 0.1) is 0 Å². The maximum atomic E-state index is 11.7. The third-order valence-electron chi connectivity index (χ3n) is 3.07. The topological polar surface area (TPSA) is 47.6 Å². The number of amides is 1. The lowest BCUT2D eigenvalue weighted by atomic mass is 10.2. The molecule has 0 spiro atoms. The summed E-state index contributed by atoms with van der Waals surface area (Å²) in [6, 6.07) is 15.7. The molecule has 128 valence electrons. The van der Waals surface area contributed by atoms with Crippen LogP contribution in [0.15, 0.2) is 53.0 Å². The predicted octanol–water partition coefficient (Wildman–Crippen LogP) is 5.05. The van der Waals surface area contributed by atoms with E-state index >= 15 is 0 Å². The molecule has 0 aromatic heterocycles. The molecule has 0 bridgehead atoms. The molecule has 1 amide bonds. The van der Waals surface area contributed by atoms with Crippen molar-refractivity contribution in [2.24, 2.45) is 0 Å². The van der Waals surface area contributed by atoms with Crippen molar-refractivity contribution >= 4 is 22.0 Å². The van der Waals surface area contributed by atoms with E-state index in [2.05, 4.69) is 21.2 Å². The van der Waals surface area contributed by atoms with Gasteiger partial charge in [-0.2, -0.15) is 0 Å². The van der Waals surface area contributed by atoms with Gasteiger partial charge in [-0.25, -0.2) is 4.79 Å². The number of benzene rings is 2. The van der Waals surface area contributed by atoms with Gasteiger partial charge in [0.25, 0.3) is 0 Å². The van der Waals surface area contributed by atoms with Crippen LogP contribution in [0.4, 0.5) is 4.79 Å². The summed E-state index contributed by atoms with van der Waals surface area (Å²) in [5, 5.41) is 2.74. The molecule has 2 aromatic carbocycles. The quantitative estimate of drug-likeness (QED) is 0.775. The molecule has 2 aromatic rings. The monoisotopic (exact) mass is 391 g/mol. The van der Waals surface area contributed by atoms with Gasteiger partial charge in [-0.15, -0.1) is 0 Å². The van der Waals surface area contributed by atoms with Gasteiger partial charge in [-0.3, -0.25) is 0 Å². The minimum absolute atomic E-state index is 0.395. The first kappa shape index (κ1) is 18.3. The summed E-state index contributed by atoms with van der Waals surface area (Å²) in [5.74, 6) is 0.764. The van der Waals surface area contributed by atoms with Crippen LogP contribution >= 0.6 is 15.9 Å². The molecular formula is C19H22BrNO3. The van der Waals surface area contributed by atoms with Gasteiger partial charge in [-0.05, 0) is 60.0 Å². The number of hydrogen-bond acceptors (Lipinski definition) is 3. The third-order valence-corrected chi connectivity index (χ3v) is 3.69. The molecule has 5 heteroatoms. The van der Waals surface area contributed by atoms with E-state index in [1.165, 1.54) is 0 Å². The summed E-state index contributed by atoms with van der Waals surface area (Å²) in [7, 11) is 0. The van der Waals surface area contributed by atoms with Gasteiger partial charge < -0.3 is 14.8 Å². The van der Waals surface area contributed by atoms with Gasteiger partial charge >= 0.3 is 6.09 Å². The smallest absolute Gasteiger partial charge is 0.407 e. The zero-order chi connectivity index (χ0) is 17.6. The van der Waals surface area contributed by atoms with Crippen LogP contribution in [0.5, 0.6) is 5.75 Å². The minimum atomic E-state index is -0.500. The van der Waals surface area contributed by atoms with Crippen LogP contribution in [0.25, 0.3) is 0 Å². The van der Waals surface area contributed by atoms with E-state index in [-0.39, 0.29) is 0 Å². The first-order valence-corrected chi connectivity index (χ1v) is 8.55. The zero-order valence-corrected chi connectivity index (χ0v) is 15.7.